The van der Waals surface area contributed by atoms with E-state index in [-0.39, 0.29) is 11.5 Å². The highest BCUT2D eigenvalue weighted by atomic mass is 32.1. The van der Waals surface area contributed by atoms with Crippen LogP contribution >= 0.6 is 11.3 Å². The highest BCUT2D eigenvalue weighted by Crippen LogP contribution is 2.18. The lowest BCUT2D eigenvalue weighted by Gasteiger charge is -2.11. The molecule has 0 aliphatic rings. The molecule has 2 heterocycles. The molecule has 4 aromatic rings. The van der Waals surface area contributed by atoms with E-state index in [1.54, 1.807) is 48.0 Å². The SMILES string of the molecule is Cc1cnc(NC(=O)c2ccc(-n3c(C)nc4ccccc4c3=O)cc2)s1. The fraction of sp³-hybridized carbons (Fsp3) is 0.100. The van der Waals surface area contributed by atoms with E-state index in [0.29, 0.717) is 33.1 Å². The first-order chi connectivity index (χ1) is 13.0. The van der Waals surface area contributed by atoms with Gasteiger partial charge in [0.2, 0.25) is 0 Å². The van der Waals surface area contributed by atoms with E-state index < -0.39 is 0 Å². The van der Waals surface area contributed by atoms with E-state index >= 15 is 0 Å². The Balaban J connectivity index is 1.67. The minimum atomic E-state index is -0.239. The summed E-state index contributed by atoms with van der Waals surface area (Å²) in [5.41, 5.74) is 1.70. The molecule has 0 saturated heterocycles. The van der Waals surface area contributed by atoms with E-state index in [4.69, 9.17) is 0 Å². The van der Waals surface area contributed by atoms with Crippen molar-refractivity contribution in [2.45, 2.75) is 13.8 Å². The number of aryl methyl sites for hydroxylation is 2. The zero-order valence-electron chi connectivity index (χ0n) is 14.8. The Morgan fingerprint density at radius 2 is 1.81 bits per heavy atom. The van der Waals surface area contributed by atoms with Crippen molar-refractivity contribution in [2.24, 2.45) is 0 Å². The summed E-state index contributed by atoms with van der Waals surface area (Å²) in [5.74, 6) is 0.353. The maximum absolute atomic E-state index is 12.8. The lowest BCUT2D eigenvalue weighted by atomic mass is 10.2. The molecule has 0 aliphatic carbocycles. The number of para-hydroxylation sites is 1. The number of hydrogen-bond acceptors (Lipinski definition) is 5. The van der Waals surface area contributed by atoms with Gasteiger partial charge in [-0.05, 0) is 50.2 Å². The number of carbonyl (C=O) groups is 1. The van der Waals surface area contributed by atoms with Crippen LogP contribution in [0.3, 0.4) is 0 Å². The van der Waals surface area contributed by atoms with Gasteiger partial charge in [0.15, 0.2) is 5.13 Å². The van der Waals surface area contributed by atoms with Gasteiger partial charge in [0.25, 0.3) is 11.5 Å². The van der Waals surface area contributed by atoms with Crippen LogP contribution < -0.4 is 10.9 Å². The van der Waals surface area contributed by atoms with Crippen molar-refractivity contribution in [1.29, 1.82) is 0 Å². The van der Waals surface area contributed by atoms with Crippen LogP contribution in [0.2, 0.25) is 0 Å². The molecular formula is C20H16N4O2S. The third kappa shape index (κ3) is 3.24. The first-order valence-corrected chi connectivity index (χ1v) is 9.17. The average Bonchev–Trinajstić information content (AvgIpc) is 3.07. The van der Waals surface area contributed by atoms with Gasteiger partial charge in [-0.3, -0.25) is 19.5 Å². The number of fused-ring (bicyclic) bond motifs is 1. The molecule has 2 aromatic heterocycles. The van der Waals surface area contributed by atoms with Gasteiger partial charge in [-0.1, -0.05) is 12.1 Å². The maximum Gasteiger partial charge on any atom is 0.265 e. The Morgan fingerprint density at radius 3 is 2.52 bits per heavy atom. The van der Waals surface area contributed by atoms with Crippen molar-refractivity contribution in [2.75, 3.05) is 5.32 Å². The molecule has 7 heteroatoms. The summed E-state index contributed by atoms with van der Waals surface area (Å²) in [4.78, 5) is 34.9. The Morgan fingerprint density at radius 1 is 1.07 bits per heavy atom. The topological polar surface area (TPSA) is 76.9 Å². The number of rotatable bonds is 3. The van der Waals surface area contributed by atoms with Crippen LogP contribution in [-0.2, 0) is 0 Å². The van der Waals surface area contributed by atoms with E-state index in [2.05, 4.69) is 15.3 Å². The number of aromatic nitrogens is 3. The van der Waals surface area contributed by atoms with Gasteiger partial charge >= 0.3 is 0 Å². The predicted molar refractivity (Wildman–Crippen MR) is 107 cm³/mol. The first-order valence-electron chi connectivity index (χ1n) is 8.35. The van der Waals surface area contributed by atoms with Gasteiger partial charge in [-0.25, -0.2) is 9.97 Å². The third-order valence-electron chi connectivity index (χ3n) is 4.17. The number of carbonyl (C=O) groups excluding carboxylic acids is 1. The van der Waals surface area contributed by atoms with Crippen molar-refractivity contribution in [3.63, 3.8) is 0 Å². The molecule has 0 spiro atoms. The quantitative estimate of drug-likeness (QED) is 0.591. The molecule has 0 bridgehead atoms. The van der Waals surface area contributed by atoms with Crippen molar-refractivity contribution >= 4 is 33.3 Å². The Bertz CT molecular complexity index is 1210. The van der Waals surface area contributed by atoms with E-state index in [0.717, 1.165) is 4.88 Å². The molecule has 0 fully saturated rings. The number of amides is 1. The minimum absolute atomic E-state index is 0.131. The fourth-order valence-electron chi connectivity index (χ4n) is 2.89. The molecular weight excluding hydrogens is 360 g/mol. The van der Waals surface area contributed by atoms with Crippen LogP contribution in [0.25, 0.3) is 16.6 Å². The number of anilines is 1. The first kappa shape index (κ1) is 17.1. The van der Waals surface area contributed by atoms with E-state index in [1.165, 1.54) is 11.3 Å². The van der Waals surface area contributed by atoms with Crippen LogP contribution in [0.5, 0.6) is 0 Å². The molecule has 0 unspecified atom stereocenters. The van der Waals surface area contributed by atoms with Crippen molar-refractivity contribution < 1.29 is 4.79 Å². The summed E-state index contributed by atoms with van der Waals surface area (Å²) < 4.78 is 1.55. The Kier molecular flexibility index (Phi) is 4.29. The van der Waals surface area contributed by atoms with Gasteiger partial charge in [0, 0.05) is 16.6 Å². The third-order valence-corrected chi connectivity index (χ3v) is 5.00. The van der Waals surface area contributed by atoms with Crippen molar-refractivity contribution in [3.8, 4) is 5.69 Å². The number of nitrogens with one attached hydrogen (secondary N) is 1. The van der Waals surface area contributed by atoms with Gasteiger partial charge in [0.05, 0.1) is 16.6 Å². The second kappa shape index (κ2) is 6.77. The second-order valence-electron chi connectivity index (χ2n) is 6.09. The smallest absolute Gasteiger partial charge is 0.265 e. The maximum atomic E-state index is 12.8. The molecule has 2 aromatic carbocycles. The van der Waals surface area contributed by atoms with E-state index in [9.17, 15) is 9.59 Å². The summed E-state index contributed by atoms with van der Waals surface area (Å²) in [6, 6.07) is 14.1. The zero-order valence-corrected chi connectivity index (χ0v) is 15.6. The summed E-state index contributed by atoms with van der Waals surface area (Å²) in [6.45, 7) is 3.72. The summed E-state index contributed by atoms with van der Waals surface area (Å²) >= 11 is 1.42. The number of nitrogens with zero attached hydrogens (tertiary/aromatic N) is 3. The standard InChI is InChI=1S/C20H16N4O2S/c1-12-11-21-20(27-12)23-18(25)14-7-9-15(10-8-14)24-13(2)22-17-6-4-3-5-16(17)19(24)26/h3-11H,1-2H3,(H,21,23,25). The Labute approximate surface area is 159 Å². The summed E-state index contributed by atoms with van der Waals surface area (Å²) in [7, 11) is 0. The minimum Gasteiger partial charge on any atom is -0.298 e. The van der Waals surface area contributed by atoms with Crippen molar-refractivity contribution in [1.82, 2.24) is 14.5 Å². The van der Waals surface area contributed by atoms with E-state index in [1.807, 2.05) is 25.1 Å². The lowest BCUT2D eigenvalue weighted by molar-refractivity contribution is 0.102. The van der Waals surface area contributed by atoms with Crippen LogP contribution in [0.15, 0.2) is 59.5 Å². The number of thiazole rings is 1. The molecule has 6 nitrogen and oxygen atoms in total. The normalized spacial score (nSPS) is 10.9. The van der Waals surface area contributed by atoms with Crippen LogP contribution in [0.1, 0.15) is 21.1 Å². The van der Waals surface area contributed by atoms with Crippen LogP contribution in [0, 0.1) is 13.8 Å². The van der Waals surface area contributed by atoms with Gasteiger partial charge in [-0.15, -0.1) is 11.3 Å². The van der Waals surface area contributed by atoms with Gasteiger partial charge in [-0.2, -0.15) is 0 Å². The molecule has 0 saturated carbocycles. The molecule has 0 aliphatic heterocycles. The average molecular weight is 376 g/mol. The lowest BCUT2D eigenvalue weighted by Crippen LogP contribution is -2.22. The van der Waals surface area contributed by atoms with Crippen molar-refractivity contribution in [3.05, 3.63) is 81.3 Å². The molecule has 0 radical (unpaired) electrons. The predicted octanol–water partition coefficient (Wildman–Crippen LogP) is 3.71. The molecule has 134 valence electrons. The monoisotopic (exact) mass is 376 g/mol. The molecule has 1 N–H and O–H groups in total. The second-order valence-corrected chi connectivity index (χ2v) is 7.33. The van der Waals surface area contributed by atoms with Crippen LogP contribution in [-0.4, -0.2) is 20.4 Å². The highest BCUT2D eigenvalue weighted by molar-refractivity contribution is 7.15. The highest BCUT2D eigenvalue weighted by Gasteiger charge is 2.12. The number of benzene rings is 2. The zero-order chi connectivity index (χ0) is 19.0. The number of hydrogen-bond donors (Lipinski definition) is 1. The molecule has 27 heavy (non-hydrogen) atoms. The Hall–Kier alpha value is -3.32. The summed E-state index contributed by atoms with van der Waals surface area (Å²) in [6.07, 6.45) is 1.71. The molecule has 0 atom stereocenters. The van der Waals surface area contributed by atoms with Gasteiger partial charge in [0.1, 0.15) is 5.82 Å². The van der Waals surface area contributed by atoms with Gasteiger partial charge < -0.3 is 0 Å². The molecule has 1 amide bonds. The molecule has 4 rings (SSSR count). The fourth-order valence-corrected chi connectivity index (χ4v) is 3.55. The summed E-state index contributed by atoms with van der Waals surface area (Å²) in [5, 5.41) is 3.89. The van der Waals surface area contributed by atoms with Crippen LogP contribution in [0.4, 0.5) is 5.13 Å². The largest absolute Gasteiger partial charge is 0.298 e.